The minimum atomic E-state index is 0.0231. The fourth-order valence-electron chi connectivity index (χ4n) is 2.69. The van der Waals surface area contributed by atoms with Crippen LogP contribution in [-0.2, 0) is 4.74 Å². The molecule has 12 nitrogen and oxygen atoms in total. The Bertz CT molecular complexity index is 1010. The molecule has 0 amide bonds. The first-order chi connectivity index (χ1) is 14.2. The van der Waals surface area contributed by atoms with E-state index in [-0.39, 0.29) is 17.7 Å². The molecule has 1 fully saturated rings. The van der Waals surface area contributed by atoms with E-state index in [0.29, 0.717) is 42.1 Å². The topological polar surface area (TPSA) is 160 Å². The molecule has 3 aromatic rings. The summed E-state index contributed by atoms with van der Waals surface area (Å²) in [7, 11) is 0. The zero-order chi connectivity index (χ0) is 20.1. The van der Waals surface area contributed by atoms with Crippen LogP contribution in [0.3, 0.4) is 0 Å². The van der Waals surface area contributed by atoms with Crippen LogP contribution in [0.4, 0.5) is 17.3 Å². The number of aromatic nitrogens is 6. The molecule has 148 valence electrons. The second-order valence-corrected chi connectivity index (χ2v) is 6.22. The molecule has 0 spiro atoms. The third kappa shape index (κ3) is 4.60. The fourth-order valence-corrected chi connectivity index (χ4v) is 2.69. The smallest absolute Gasteiger partial charge is 0.270 e. The van der Waals surface area contributed by atoms with Crippen molar-refractivity contribution in [2.75, 3.05) is 36.9 Å². The molecule has 1 atom stereocenters. The Balaban J connectivity index is 1.57. The predicted octanol–water partition coefficient (Wildman–Crippen LogP) is 0.641. The van der Waals surface area contributed by atoms with Gasteiger partial charge < -0.3 is 25.1 Å². The van der Waals surface area contributed by atoms with Crippen LogP contribution in [0.15, 0.2) is 22.9 Å². The van der Waals surface area contributed by atoms with Gasteiger partial charge in [-0.05, 0) is 0 Å². The van der Waals surface area contributed by atoms with Crippen molar-refractivity contribution >= 4 is 17.3 Å². The molecule has 1 aliphatic rings. The molecule has 0 saturated carbocycles. The van der Waals surface area contributed by atoms with Crippen LogP contribution >= 0.6 is 0 Å². The normalized spacial score (nSPS) is 16.2. The molecule has 3 aromatic heterocycles. The van der Waals surface area contributed by atoms with Crippen LogP contribution in [-0.4, -0.2) is 62.7 Å². The summed E-state index contributed by atoms with van der Waals surface area (Å²) in [6, 6.07) is 3.68. The van der Waals surface area contributed by atoms with Crippen LogP contribution in [0.5, 0.6) is 0 Å². The number of nitriles is 1. The molecular formula is C17H18N10O2. The van der Waals surface area contributed by atoms with E-state index in [4.69, 9.17) is 14.4 Å². The lowest BCUT2D eigenvalue weighted by Gasteiger charge is -2.24. The number of morpholine rings is 1. The minimum Gasteiger partial charge on any atom is -0.419 e. The molecule has 1 saturated heterocycles. The molecule has 1 aliphatic heterocycles. The van der Waals surface area contributed by atoms with Crippen LogP contribution < -0.4 is 16.0 Å². The summed E-state index contributed by atoms with van der Waals surface area (Å²) in [4.78, 5) is 8.10. The Hall–Kier alpha value is -3.69. The van der Waals surface area contributed by atoms with Crippen LogP contribution in [0.1, 0.15) is 11.6 Å². The molecule has 3 N–H and O–H groups in total. The molecular weight excluding hydrogens is 376 g/mol. The van der Waals surface area contributed by atoms with E-state index in [1.165, 1.54) is 12.4 Å². The largest absolute Gasteiger partial charge is 0.419 e. The van der Waals surface area contributed by atoms with E-state index in [2.05, 4.69) is 46.3 Å². The summed E-state index contributed by atoms with van der Waals surface area (Å²) in [6.45, 7) is 4.54. The Morgan fingerprint density at radius 1 is 1.21 bits per heavy atom. The molecule has 12 heteroatoms. The van der Waals surface area contributed by atoms with E-state index in [9.17, 15) is 0 Å². The Morgan fingerprint density at radius 2 is 2.14 bits per heavy atom. The van der Waals surface area contributed by atoms with Gasteiger partial charge in [-0.1, -0.05) is 0 Å². The first-order valence-electron chi connectivity index (χ1n) is 8.95. The number of nitrogens with one attached hydrogen (secondary N) is 3. The first kappa shape index (κ1) is 18.7. The van der Waals surface area contributed by atoms with Gasteiger partial charge in [-0.25, -0.2) is 9.97 Å². The second-order valence-electron chi connectivity index (χ2n) is 6.22. The minimum absolute atomic E-state index is 0.0231. The lowest BCUT2D eigenvalue weighted by molar-refractivity contribution is 0.0372. The fraction of sp³-hybridized carbons (Fsp3) is 0.353. The van der Waals surface area contributed by atoms with Crippen molar-refractivity contribution < 1.29 is 9.15 Å². The van der Waals surface area contributed by atoms with Crippen molar-refractivity contribution in [3.05, 3.63) is 30.0 Å². The van der Waals surface area contributed by atoms with Crippen molar-refractivity contribution in [3.63, 3.8) is 0 Å². The van der Waals surface area contributed by atoms with E-state index in [1.54, 1.807) is 13.0 Å². The highest BCUT2D eigenvalue weighted by Gasteiger charge is 2.18. The highest BCUT2D eigenvalue weighted by molar-refractivity contribution is 5.71. The summed E-state index contributed by atoms with van der Waals surface area (Å²) < 4.78 is 11.2. The summed E-state index contributed by atoms with van der Waals surface area (Å²) >= 11 is 0. The monoisotopic (exact) mass is 394 g/mol. The van der Waals surface area contributed by atoms with Crippen LogP contribution in [0.25, 0.3) is 11.6 Å². The van der Waals surface area contributed by atoms with Gasteiger partial charge in [0, 0.05) is 32.6 Å². The number of anilines is 3. The number of rotatable bonds is 6. The highest BCUT2D eigenvalue weighted by atomic mass is 16.5. The molecule has 0 radical (unpaired) electrons. The molecule has 4 rings (SSSR count). The van der Waals surface area contributed by atoms with Crippen molar-refractivity contribution in [1.82, 2.24) is 35.7 Å². The molecule has 0 bridgehead atoms. The Morgan fingerprint density at radius 3 is 2.83 bits per heavy atom. The van der Waals surface area contributed by atoms with Crippen LogP contribution in [0, 0.1) is 18.3 Å². The Labute approximate surface area is 165 Å². The number of hydrogen-bond acceptors (Lipinski definition) is 12. The van der Waals surface area contributed by atoms with E-state index in [0.717, 1.165) is 13.1 Å². The zero-order valence-electron chi connectivity index (χ0n) is 15.6. The third-order valence-corrected chi connectivity index (χ3v) is 4.07. The third-order valence-electron chi connectivity index (χ3n) is 4.07. The highest BCUT2D eigenvalue weighted by Crippen LogP contribution is 2.27. The molecule has 0 aromatic carbocycles. The number of hydrogen-bond donors (Lipinski definition) is 3. The summed E-state index contributed by atoms with van der Waals surface area (Å²) in [5.41, 5.74) is 1.32. The van der Waals surface area contributed by atoms with Crippen molar-refractivity contribution in [2.24, 2.45) is 0 Å². The SMILES string of the molecule is Cc1nnc(-c2nnc(Nc3cnc(C#N)cn3)cc2NCC2CNCCO2)o1. The van der Waals surface area contributed by atoms with E-state index >= 15 is 0 Å². The standard InChI is InChI=1S/C17H18N10O2/c1-10-24-27-17(29-10)16-13(21-8-12-7-19-2-3-28-12)4-14(25-26-16)23-15-9-20-11(5-18)6-22-15/h4,6,9,12,19H,2-3,7-8H2,1H3,(H2,21,22,23,25). The van der Waals surface area contributed by atoms with Crippen LogP contribution in [0.2, 0.25) is 0 Å². The summed E-state index contributed by atoms with van der Waals surface area (Å²) in [6.07, 6.45) is 2.84. The maximum atomic E-state index is 8.82. The van der Waals surface area contributed by atoms with Crippen molar-refractivity contribution in [3.8, 4) is 17.7 Å². The van der Waals surface area contributed by atoms with Gasteiger partial charge in [0.05, 0.1) is 30.8 Å². The van der Waals surface area contributed by atoms with E-state index in [1.807, 2.05) is 6.07 Å². The maximum absolute atomic E-state index is 8.82. The predicted molar refractivity (Wildman–Crippen MR) is 101 cm³/mol. The summed E-state index contributed by atoms with van der Waals surface area (Å²) in [5.74, 6) is 1.58. The quantitative estimate of drug-likeness (QED) is 0.536. The first-order valence-corrected chi connectivity index (χ1v) is 8.95. The van der Waals surface area contributed by atoms with Gasteiger partial charge in [-0.3, -0.25) is 0 Å². The zero-order valence-corrected chi connectivity index (χ0v) is 15.6. The molecule has 0 aliphatic carbocycles. The second kappa shape index (κ2) is 8.55. The number of ether oxygens (including phenoxy) is 1. The Kier molecular flexibility index (Phi) is 5.50. The van der Waals surface area contributed by atoms with Gasteiger partial charge in [0.1, 0.15) is 11.9 Å². The van der Waals surface area contributed by atoms with Gasteiger partial charge >= 0.3 is 0 Å². The maximum Gasteiger partial charge on any atom is 0.270 e. The van der Waals surface area contributed by atoms with Crippen molar-refractivity contribution in [1.29, 1.82) is 5.26 Å². The van der Waals surface area contributed by atoms with Gasteiger partial charge in [0.15, 0.2) is 17.2 Å². The lowest BCUT2D eigenvalue weighted by Crippen LogP contribution is -2.42. The molecule has 1 unspecified atom stereocenters. The van der Waals surface area contributed by atoms with Gasteiger partial charge in [-0.15, -0.1) is 20.4 Å². The summed E-state index contributed by atoms with van der Waals surface area (Å²) in [5, 5.41) is 34.7. The number of nitrogens with zero attached hydrogens (tertiary/aromatic N) is 7. The molecule has 29 heavy (non-hydrogen) atoms. The average Bonchev–Trinajstić information content (AvgIpc) is 3.20. The average molecular weight is 394 g/mol. The van der Waals surface area contributed by atoms with Gasteiger partial charge in [0.25, 0.3) is 5.89 Å². The molecule has 4 heterocycles. The van der Waals surface area contributed by atoms with Gasteiger partial charge in [0.2, 0.25) is 5.89 Å². The van der Waals surface area contributed by atoms with Gasteiger partial charge in [-0.2, -0.15) is 5.26 Å². The number of aryl methyl sites for hydroxylation is 1. The lowest BCUT2D eigenvalue weighted by atomic mass is 10.2. The van der Waals surface area contributed by atoms with E-state index < -0.39 is 0 Å². The van der Waals surface area contributed by atoms with Crippen molar-refractivity contribution in [2.45, 2.75) is 13.0 Å².